The molecule has 1 aromatic rings. The summed E-state index contributed by atoms with van der Waals surface area (Å²) in [5.74, 6) is 0.921. The van der Waals surface area contributed by atoms with Gasteiger partial charge in [0.25, 0.3) is 0 Å². The number of nitrogens with zero attached hydrogens (tertiary/aromatic N) is 1. The van der Waals surface area contributed by atoms with Gasteiger partial charge in [-0.1, -0.05) is 25.7 Å². The molecule has 3 heteroatoms. The summed E-state index contributed by atoms with van der Waals surface area (Å²) in [5, 5.41) is 3.57. The zero-order chi connectivity index (χ0) is 11.1. The van der Waals surface area contributed by atoms with Gasteiger partial charge in [0, 0.05) is 24.9 Å². The van der Waals surface area contributed by atoms with Crippen molar-refractivity contribution in [2.45, 2.75) is 44.9 Å². The molecule has 0 aliphatic heterocycles. The molecule has 0 unspecified atom stereocenters. The third kappa shape index (κ3) is 3.97. The molecule has 1 aliphatic rings. The van der Waals surface area contributed by atoms with Gasteiger partial charge in [0.2, 0.25) is 0 Å². The first-order chi connectivity index (χ1) is 7.95. The fraction of sp³-hybridized carbons (Fsp3) is 0.769. The molecule has 1 aromatic heterocycles. The summed E-state index contributed by atoms with van der Waals surface area (Å²) < 4.78 is 0. The number of hydrogen-bond donors (Lipinski definition) is 2. The summed E-state index contributed by atoms with van der Waals surface area (Å²) in [6.45, 7) is 2.27. The fourth-order valence-corrected chi connectivity index (χ4v) is 2.52. The second-order valence-corrected chi connectivity index (χ2v) is 4.89. The molecule has 1 fully saturated rings. The van der Waals surface area contributed by atoms with Crippen LogP contribution in [0.1, 0.15) is 44.2 Å². The molecule has 2 rings (SSSR count). The molecule has 1 heterocycles. The van der Waals surface area contributed by atoms with Crippen molar-refractivity contribution >= 4 is 0 Å². The van der Waals surface area contributed by atoms with Gasteiger partial charge >= 0.3 is 0 Å². The van der Waals surface area contributed by atoms with Crippen LogP contribution in [0, 0.1) is 5.92 Å². The molecule has 16 heavy (non-hydrogen) atoms. The monoisotopic (exact) mass is 221 g/mol. The standard InChI is InChI=1S/C13H23N3/c1-2-4-6-12(5-3-1)9-14-8-7-13-10-15-11-16-13/h10-12,14H,1-9H2,(H,15,16). The summed E-state index contributed by atoms with van der Waals surface area (Å²) in [5.41, 5.74) is 1.23. The van der Waals surface area contributed by atoms with Gasteiger partial charge in [0.1, 0.15) is 0 Å². The van der Waals surface area contributed by atoms with Crippen LogP contribution in [0.3, 0.4) is 0 Å². The van der Waals surface area contributed by atoms with Crippen molar-refractivity contribution in [3.8, 4) is 0 Å². The smallest absolute Gasteiger partial charge is 0.0921 e. The van der Waals surface area contributed by atoms with Gasteiger partial charge in [-0.3, -0.25) is 0 Å². The summed E-state index contributed by atoms with van der Waals surface area (Å²) in [7, 11) is 0. The summed E-state index contributed by atoms with van der Waals surface area (Å²) in [6, 6.07) is 0. The highest BCUT2D eigenvalue weighted by molar-refractivity contribution is 4.94. The first-order valence-electron chi connectivity index (χ1n) is 6.63. The lowest BCUT2D eigenvalue weighted by atomic mass is 10.0. The predicted octanol–water partition coefficient (Wildman–Crippen LogP) is 2.51. The van der Waals surface area contributed by atoms with E-state index in [2.05, 4.69) is 15.3 Å². The molecule has 1 saturated carbocycles. The quantitative estimate of drug-likeness (QED) is 0.592. The molecule has 2 N–H and O–H groups in total. The maximum atomic E-state index is 4.02. The highest BCUT2D eigenvalue weighted by atomic mass is 14.9. The number of aromatic nitrogens is 2. The highest BCUT2D eigenvalue weighted by Gasteiger charge is 2.11. The average molecular weight is 221 g/mol. The molecule has 0 bridgehead atoms. The third-order valence-electron chi connectivity index (χ3n) is 3.53. The largest absolute Gasteiger partial charge is 0.348 e. The van der Waals surface area contributed by atoms with E-state index in [1.54, 1.807) is 6.33 Å². The van der Waals surface area contributed by atoms with Crippen LogP contribution in [-0.2, 0) is 6.42 Å². The lowest BCUT2D eigenvalue weighted by Gasteiger charge is -2.14. The molecule has 1 aliphatic carbocycles. The number of H-pyrrole nitrogens is 1. The van der Waals surface area contributed by atoms with Crippen molar-refractivity contribution in [2.75, 3.05) is 13.1 Å². The maximum absolute atomic E-state index is 4.02. The summed E-state index contributed by atoms with van der Waals surface area (Å²) in [4.78, 5) is 7.15. The van der Waals surface area contributed by atoms with Crippen LogP contribution in [0.25, 0.3) is 0 Å². The van der Waals surface area contributed by atoms with Crippen LogP contribution in [0.15, 0.2) is 12.5 Å². The van der Waals surface area contributed by atoms with Gasteiger partial charge in [0.05, 0.1) is 6.33 Å². The minimum absolute atomic E-state index is 0.921. The van der Waals surface area contributed by atoms with Gasteiger partial charge in [-0.05, 0) is 25.3 Å². The topological polar surface area (TPSA) is 40.7 Å². The number of hydrogen-bond acceptors (Lipinski definition) is 2. The Morgan fingerprint density at radius 2 is 2.06 bits per heavy atom. The number of imidazole rings is 1. The van der Waals surface area contributed by atoms with Crippen LogP contribution in [0.5, 0.6) is 0 Å². The molecule has 0 amide bonds. The van der Waals surface area contributed by atoms with Gasteiger partial charge in [-0.15, -0.1) is 0 Å². The van der Waals surface area contributed by atoms with E-state index in [1.807, 2.05) is 6.20 Å². The minimum Gasteiger partial charge on any atom is -0.348 e. The van der Waals surface area contributed by atoms with E-state index in [9.17, 15) is 0 Å². The Morgan fingerprint density at radius 3 is 2.75 bits per heavy atom. The highest BCUT2D eigenvalue weighted by Crippen LogP contribution is 2.21. The van der Waals surface area contributed by atoms with Crippen molar-refractivity contribution in [1.82, 2.24) is 15.3 Å². The molecular formula is C13H23N3. The maximum Gasteiger partial charge on any atom is 0.0921 e. The van der Waals surface area contributed by atoms with Crippen molar-refractivity contribution in [2.24, 2.45) is 5.92 Å². The second-order valence-electron chi connectivity index (χ2n) is 4.89. The van der Waals surface area contributed by atoms with Crippen LogP contribution in [0.2, 0.25) is 0 Å². The third-order valence-corrected chi connectivity index (χ3v) is 3.53. The molecule has 0 saturated heterocycles. The van der Waals surface area contributed by atoms with E-state index in [4.69, 9.17) is 0 Å². The number of aromatic amines is 1. The van der Waals surface area contributed by atoms with Crippen LogP contribution in [0.4, 0.5) is 0 Å². The first kappa shape index (κ1) is 11.6. The van der Waals surface area contributed by atoms with Gasteiger partial charge < -0.3 is 10.3 Å². The van der Waals surface area contributed by atoms with E-state index in [1.165, 1.54) is 50.8 Å². The van der Waals surface area contributed by atoms with E-state index >= 15 is 0 Å². The molecule has 0 aromatic carbocycles. The Bertz CT molecular complexity index is 261. The molecular weight excluding hydrogens is 198 g/mol. The molecule has 0 radical (unpaired) electrons. The van der Waals surface area contributed by atoms with Crippen LogP contribution in [-0.4, -0.2) is 23.1 Å². The van der Waals surface area contributed by atoms with Crippen LogP contribution >= 0.6 is 0 Å². The SMILES string of the molecule is c1ncc(CCNCC2CCCCCC2)[nH]1. The van der Waals surface area contributed by atoms with E-state index in [-0.39, 0.29) is 0 Å². The fourth-order valence-electron chi connectivity index (χ4n) is 2.52. The van der Waals surface area contributed by atoms with E-state index < -0.39 is 0 Å². The average Bonchev–Trinajstić information content (AvgIpc) is 2.68. The normalized spacial score (nSPS) is 18.5. The Hall–Kier alpha value is -0.830. The molecule has 90 valence electrons. The van der Waals surface area contributed by atoms with Crippen LogP contribution < -0.4 is 5.32 Å². The van der Waals surface area contributed by atoms with E-state index in [0.29, 0.717) is 0 Å². The Balaban J connectivity index is 1.56. The summed E-state index contributed by atoms with van der Waals surface area (Å²) >= 11 is 0. The minimum atomic E-state index is 0.921. The first-order valence-corrected chi connectivity index (χ1v) is 6.63. The number of nitrogens with one attached hydrogen (secondary N) is 2. The zero-order valence-electron chi connectivity index (χ0n) is 10.0. The van der Waals surface area contributed by atoms with Crippen molar-refractivity contribution in [3.63, 3.8) is 0 Å². The molecule has 0 atom stereocenters. The second kappa shape index (κ2) is 6.69. The van der Waals surface area contributed by atoms with Gasteiger partial charge in [0.15, 0.2) is 0 Å². The lowest BCUT2D eigenvalue weighted by Crippen LogP contribution is -2.24. The van der Waals surface area contributed by atoms with Crippen molar-refractivity contribution in [1.29, 1.82) is 0 Å². The summed E-state index contributed by atoms with van der Waals surface area (Å²) in [6.07, 6.45) is 13.4. The predicted molar refractivity (Wildman–Crippen MR) is 66.4 cm³/mol. The van der Waals surface area contributed by atoms with Gasteiger partial charge in [-0.25, -0.2) is 4.98 Å². The molecule has 0 spiro atoms. The number of rotatable bonds is 5. The van der Waals surface area contributed by atoms with Gasteiger partial charge in [-0.2, -0.15) is 0 Å². The van der Waals surface area contributed by atoms with Crippen molar-refractivity contribution < 1.29 is 0 Å². The molecule has 3 nitrogen and oxygen atoms in total. The van der Waals surface area contributed by atoms with Crippen molar-refractivity contribution in [3.05, 3.63) is 18.2 Å². The Kier molecular flexibility index (Phi) is 4.87. The Labute approximate surface area is 98.1 Å². The van der Waals surface area contributed by atoms with E-state index in [0.717, 1.165) is 18.9 Å². The Morgan fingerprint density at radius 1 is 1.25 bits per heavy atom. The zero-order valence-corrected chi connectivity index (χ0v) is 10.0. The lowest BCUT2D eigenvalue weighted by molar-refractivity contribution is 0.427.